The van der Waals surface area contributed by atoms with E-state index < -0.39 is 0 Å². The maximum Gasteiger partial charge on any atom is 0.150 e. The Morgan fingerprint density at radius 1 is 0.970 bits per heavy atom. The Hall–Kier alpha value is -4.20. The second-order valence-electron chi connectivity index (χ2n) is 8.24. The van der Waals surface area contributed by atoms with Crippen molar-refractivity contribution in [3.63, 3.8) is 0 Å². The third-order valence-corrected chi connectivity index (χ3v) is 6.06. The molecule has 0 radical (unpaired) electrons. The number of anilines is 2. The largest absolute Gasteiger partial charge is 0.489 e. The van der Waals surface area contributed by atoms with Gasteiger partial charge in [0.25, 0.3) is 0 Å². The molecule has 0 saturated carbocycles. The van der Waals surface area contributed by atoms with E-state index >= 15 is 0 Å². The number of ether oxygens (including phenoxy) is 1. The van der Waals surface area contributed by atoms with Crippen LogP contribution in [-0.2, 0) is 6.61 Å². The number of benzene rings is 1. The Bertz CT molecular complexity index is 1460. The molecule has 33 heavy (non-hydrogen) atoms. The summed E-state index contributed by atoms with van der Waals surface area (Å²) in [5.74, 6) is 2.28. The van der Waals surface area contributed by atoms with Gasteiger partial charge in [0.2, 0.25) is 0 Å². The van der Waals surface area contributed by atoms with Gasteiger partial charge in [0.05, 0.1) is 22.8 Å². The van der Waals surface area contributed by atoms with Crippen molar-refractivity contribution in [2.75, 3.05) is 23.7 Å². The lowest BCUT2D eigenvalue weighted by atomic mass is 10.2. The molecule has 0 spiro atoms. The van der Waals surface area contributed by atoms with Crippen molar-refractivity contribution in [2.45, 2.75) is 19.4 Å². The van der Waals surface area contributed by atoms with Crippen LogP contribution < -0.4 is 15.4 Å². The second-order valence-corrected chi connectivity index (χ2v) is 8.24. The van der Waals surface area contributed by atoms with Crippen LogP contribution in [0.4, 0.5) is 11.6 Å². The van der Waals surface area contributed by atoms with E-state index in [0.29, 0.717) is 12.4 Å². The number of aromatic nitrogens is 5. The summed E-state index contributed by atoms with van der Waals surface area (Å²) in [5, 5.41) is 1.92. The fourth-order valence-corrected chi connectivity index (χ4v) is 4.33. The van der Waals surface area contributed by atoms with E-state index in [9.17, 15) is 0 Å². The average Bonchev–Trinajstić information content (AvgIpc) is 3.54. The van der Waals surface area contributed by atoms with Gasteiger partial charge in [-0.2, -0.15) is 0 Å². The summed E-state index contributed by atoms with van der Waals surface area (Å²) in [6, 6.07) is 14.2. The van der Waals surface area contributed by atoms with Gasteiger partial charge in [0, 0.05) is 42.5 Å². The molecule has 0 unspecified atom stereocenters. The van der Waals surface area contributed by atoms with Gasteiger partial charge in [0.15, 0.2) is 0 Å². The predicted octanol–water partition coefficient (Wildman–Crippen LogP) is 4.13. The maximum atomic E-state index is 6.10. The maximum absolute atomic E-state index is 6.10. The van der Waals surface area contributed by atoms with E-state index in [-0.39, 0.29) is 0 Å². The van der Waals surface area contributed by atoms with Crippen molar-refractivity contribution < 1.29 is 4.74 Å². The molecular formula is C25H23N7O. The van der Waals surface area contributed by atoms with Crippen LogP contribution in [0, 0.1) is 0 Å². The minimum atomic E-state index is 0.397. The highest BCUT2D eigenvalue weighted by Crippen LogP contribution is 2.26. The number of nitrogen functional groups attached to an aromatic ring is 1. The first-order valence-corrected chi connectivity index (χ1v) is 11.0. The van der Waals surface area contributed by atoms with E-state index in [1.807, 2.05) is 41.2 Å². The zero-order valence-electron chi connectivity index (χ0n) is 18.1. The number of nitrogens with two attached hydrogens (primary N) is 1. The molecule has 0 atom stereocenters. The third kappa shape index (κ3) is 3.69. The first-order chi connectivity index (χ1) is 16.2. The predicted molar refractivity (Wildman–Crippen MR) is 129 cm³/mol. The van der Waals surface area contributed by atoms with Crippen molar-refractivity contribution in [1.29, 1.82) is 0 Å². The summed E-state index contributed by atoms with van der Waals surface area (Å²) in [7, 11) is 0. The van der Waals surface area contributed by atoms with Crippen LogP contribution in [0.15, 0.2) is 67.4 Å². The molecule has 1 fully saturated rings. The number of fused-ring (bicyclic) bond motifs is 2. The zero-order valence-corrected chi connectivity index (χ0v) is 18.1. The topological polar surface area (TPSA) is 95.0 Å². The van der Waals surface area contributed by atoms with Crippen molar-refractivity contribution >= 4 is 33.6 Å². The molecule has 1 aliphatic rings. The van der Waals surface area contributed by atoms with Crippen LogP contribution in [0.3, 0.4) is 0 Å². The molecule has 6 rings (SSSR count). The number of rotatable bonds is 5. The van der Waals surface area contributed by atoms with Gasteiger partial charge in [0.1, 0.15) is 36.0 Å². The van der Waals surface area contributed by atoms with Crippen LogP contribution >= 0.6 is 0 Å². The third-order valence-electron chi connectivity index (χ3n) is 6.06. The molecule has 0 aliphatic carbocycles. The Morgan fingerprint density at radius 2 is 1.85 bits per heavy atom. The number of pyridine rings is 2. The van der Waals surface area contributed by atoms with Gasteiger partial charge in [-0.3, -0.25) is 9.55 Å². The average molecular weight is 438 g/mol. The van der Waals surface area contributed by atoms with Crippen LogP contribution in [0.1, 0.15) is 18.4 Å². The minimum Gasteiger partial charge on any atom is -0.489 e. The van der Waals surface area contributed by atoms with E-state index in [1.54, 1.807) is 6.20 Å². The molecule has 1 aliphatic heterocycles. The van der Waals surface area contributed by atoms with E-state index in [1.165, 1.54) is 19.2 Å². The molecule has 1 aromatic carbocycles. The van der Waals surface area contributed by atoms with Gasteiger partial charge in [-0.05, 0) is 49.2 Å². The number of hydrogen-bond donors (Lipinski definition) is 1. The summed E-state index contributed by atoms with van der Waals surface area (Å²) >= 11 is 0. The first kappa shape index (κ1) is 19.5. The Kier molecular flexibility index (Phi) is 4.75. The van der Waals surface area contributed by atoms with Crippen LogP contribution in [0.5, 0.6) is 5.75 Å². The molecular weight excluding hydrogens is 414 g/mol. The Labute approximate surface area is 190 Å². The summed E-state index contributed by atoms with van der Waals surface area (Å²) in [5.41, 5.74) is 9.50. The minimum absolute atomic E-state index is 0.397. The van der Waals surface area contributed by atoms with Crippen molar-refractivity contribution in [1.82, 2.24) is 24.5 Å². The molecule has 8 nitrogen and oxygen atoms in total. The molecule has 8 heteroatoms. The molecule has 164 valence electrons. The lowest BCUT2D eigenvalue weighted by molar-refractivity contribution is 0.306. The highest BCUT2D eigenvalue weighted by Gasteiger charge is 2.14. The molecule has 5 heterocycles. The normalized spacial score (nSPS) is 13.8. The fraction of sp³-hybridized carbons (Fsp3) is 0.200. The Morgan fingerprint density at radius 3 is 2.76 bits per heavy atom. The molecule has 4 aromatic heterocycles. The first-order valence-electron chi connectivity index (χ1n) is 11.0. The van der Waals surface area contributed by atoms with E-state index in [2.05, 4.69) is 38.1 Å². The Balaban J connectivity index is 1.23. The lowest BCUT2D eigenvalue weighted by Crippen LogP contribution is -2.18. The molecule has 5 aromatic rings. The highest BCUT2D eigenvalue weighted by atomic mass is 16.5. The number of nitrogens with zero attached hydrogens (tertiary/aromatic N) is 6. The summed E-state index contributed by atoms with van der Waals surface area (Å²) in [6.07, 6.45) is 9.45. The zero-order chi connectivity index (χ0) is 22.2. The van der Waals surface area contributed by atoms with Gasteiger partial charge in [-0.25, -0.2) is 15.0 Å². The summed E-state index contributed by atoms with van der Waals surface area (Å²) < 4.78 is 8.04. The molecule has 2 N–H and O–H groups in total. The van der Waals surface area contributed by atoms with Gasteiger partial charge in [-0.15, -0.1) is 0 Å². The highest BCUT2D eigenvalue weighted by molar-refractivity contribution is 5.87. The monoisotopic (exact) mass is 437 g/mol. The molecule has 0 amide bonds. The van der Waals surface area contributed by atoms with Crippen LogP contribution in [0.2, 0.25) is 0 Å². The standard InChI is InChI=1S/C25H23N7O/c26-24-21-7-10-32(25(21)29-16-28-24)19-11-17(13-27-14-19)15-33-20-5-3-18-4-6-23(30-22(18)12-20)31-8-1-2-9-31/h3-7,10-14,16H,1-2,8-9,15H2,(H2,26,28,29). The quantitative estimate of drug-likeness (QED) is 0.442. The van der Waals surface area contributed by atoms with Crippen LogP contribution in [-0.4, -0.2) is 37.6 Å². The summed E-state index contributed by atoms with van der Waals surface area (Å²) in [6.45, 7) is 2.55. The van der Waals surface area contributed by atoms with Crippen molar-refractivity contribution in [3.05, 3.63) is 72.9 Å². The molecule has 0 bridgehead atoms. The molecule has 1 saturated heterocycles. The van der Waals surface area contributed by atoms with Crippen molar-refractivity contribution in [3.8, 4) is 11.4 Å². The fourth-order valence-electron chi connectivity index (χ4n) is 4.33. The number of hydrogen-bond acceptors (Lipinski definition) is 7. The lowest BCUT2D eigenvalue weighted by Gasteiger charge is -2.16. The van der Waals surface area contributed by atoms with E-state index in [0.717, 1.165) is 57.8 Å². The van der Waals surface area contributed by atoms with E-state index in [4.69, 9.17) is 15.5 Å². The summed E-state index contributed by atoms with van der Waals surface area (Å²) in [4.78, 5) is 20.0. The van der Waals surface area contributed by atoms with Gasteiger partial charge < -0.3 is 15.4 Å². The SMILES string of the molecule is Nc1ncnc2c1ccn2-c1cncc(COc2ccc3ccc(N4CCCC4)nc3c2)c1. The van der Waals surface area contributed by atoms with Gasteiger partial charge >= 0.3 is 0 Å². The van der Waals surface area contributed by atoms with Crippen molar-refractivity contribution in [2.24, 2.45) is 0 Å². The van der Waals surface area contributed by atoms with Crippen LogP contribution in [0.25, 0.3) is 27.6 Å². The van der Waals surface area contributed by atoms with Gasteiger partial charge in [-0.1, -0.05) is 0 Å². The second kappa shape index (κ2) is 8.05. The smallest absolute Gasteiger partial charge is 0.150 e.